The molecule has 31 heavy (non-hydrogen) atoms. The van der Waals surface area contributed by atoms with Crippen molar-refractivity contribution in [1.29, 1.82) is 0 Å². The number of ether oxygens (including phenoxy) is 1. The summed E-state index contributed by atoms with van der Waals surface area (Å²) in [6, 6.07) is 10.8. The third-order valence-electron chi connectivity index (χ3n) is 5.44. The Balaban J connectivity index is 2.11. The number of ketones is 1. The minimum Gasteiger partial charge on any atom is -0.508 e. The summed E-state index contributed by atoms with van der Waals surface area (Å²) < 4.78 is 5.22. The highest BCUT2D eigenvalue weighted by atomic mass is 16.5. The predicted octanol–water partition coefficient (Wildman–Crippen LogP) is 3.08. The lowest BCUT2D eigenvalue weighted by atomic mass is 9.94. The number of phenols is 1. The van der Waals surface area contributed by atoms with Crippen molar-refractivity contribution < 1.29 is 24.5 Å². The van der Waals surface area contributed by atoms with Crippen LogP contribution in [0.3, 0.4) is 0 Å². The molecule has 0 saturated carbocycles. The number of carbonyl (C=O) groups is 2. The number of carbonyl (C=O) groups excluding carboxylic acids is 2. The fourth-order valence-corrected chi connectivity index (χ4v) is 3.85. The summed E-state index contributed by atoms with van der Waals surface area (Å²) in [7, 11) is 5.44. The van der Waals surface area contributed by atoms with E-state index in [2.05, 4.69) is 0 Å². The van der Waals surface area contributed by atoms with Gasteiger partial charge < -0.3 is 24.7 Å². The second-order valence-electron chi connectivity index (χ2n) is 7.92. The van der Waals surface area contributed by atoms with Gasteiger partial charge in [0.2, 0.25) is 0 Å². The van der Waals surface area contributed by atoms with Gasteiger partial charge in [0, 0.05) is 12.1 Å². The largest absolute Gasteiger partial charge is 0.508 e. The zero-order chi connectivity index (χ0) is 22.7. The molecule has 1 amide bonds. The number of nitrogens with zero attached hydrogens (tertiary/aromatic N) is 2. The molecule has 7 nitrogen and oxygen atoms in total. The normalized spacial score (nSPS) is 18.1. The van der Waals surface area contributed by atoms with Crippen molar-refractivity contribution in [2.24, 2.45) is 0 Å². The van der Waals surface area contributed by atoms with Crippen molar-refractivity contribution >= 4 is 17.4 Å². The molecular weight excluding hydrogens is 396 g/mol. The van der Waals surface area contributed by atoms with Crippen LogP contribution in [0.25, 0.3) is 5.76 Å². The second-order valence-corrected chi connectivity index (χ2v) is 7.92. The molecule has 0 radical (unpaired) electrons. The molecule has 0 aliphatic carbocycles. The number of hydrogen-bond acceptors (Lipinski definition) is 6. The van der Waals surface area contributed by atoms with E-state index in [0.29, 0.717) is 29.8 Å². The minimum atomic E-state index is -0.732. The number of aromatic hydroxyl groups is 1. The smallest absolute Gasteiger partial charge is 0.295 e. The number of phenolic OH excluding ortho intramolecular Hbond substituents is 1. The van der Waals surface area contributed by atoms with E-state index in [9.17, 15) is 19.8 Å². The van der Waals surface area contributed by atoms with Crippen LogP contribution in [-0.4, -0.2) is 66.0 Å². The Hall–Kier alpha value is -3.32. The summed E-state index contributed by atoms with van der Waals surface area (Å²) in [4.78, 5) is 29.4. The van der Waals surface area contributed by atoms with Gasteiger partial charge in [-0.05, 0) is 75.4 Å². The molecule has 1 aliphatic heterocycles. The van der Waals surface area contributed by atoms with Gasteiger partial charge in [-0.3, -0.25) is 9.59 Å². The van der Waals surface area contributed by atoms with Gasteiger partial charge in [0.25, 0.3) is 11.7 Å². The van der Waals surface area contributed by atoms with Crippen molar-refractivity contribution in [3.63, 3.8) is 0 Å². The fraction of sp³-hybridized carbons (Fsp3) is 0.333. The molecule has 0 aromatic heterocycles. The van der Waals surface area contributed by atoms with Crippen LogP contribution in [0.2, 0.25) is 0 Å². The minimum absolute atomic E-state index is 0.0498. The van der Waals surface area contributed by atoms with Crippen LogP contribution in [0, 0.1) is 6.92 Å². The molecule has 164 valence electrons. The number of methoxy groups -OCH3 is 1. The van der Waals surface area contributed by atoms with E-state index in [1.807, 2.05) is 19.0 Å². The molecule has 1 atom stereocenters. The Morgan fingerprint density at radius 1 is 1.13 bits per heavy atom. The summed E-state index contributed by atoms with van der Waals surface area (Å²) in [6.07, 6.45) is 0.677. The van der Waals surface area contributed by atoms with Gasteiger partial charge in [-0.25, -0.2) is 0 Å². The molecule has 2 N–H and O–H groups in total. The van der Waals surface area contributed by atoms with Gasteiger partial charge in [0.05, 0.1) is 18.7 Å². The van der Waals surface area contributed by atoms with Crippen LogP contribution in [-0.2, 0) is 9.59 Å². The van der Waals surface area contributed by atoms with Crippen molar-refractivity contribution in [1.82, 2.24) is 9.80 Å². The molecule has 0 unspecified atom stereocenters. The lowest BCUT2D eigenvalue weighted by molar-refractivity contribution is -0.139. The number of likely N-dealkylation sites (tertiary alicyclic amines) is 1. The van der Waals surface area contributed by atoms with Crippen molar-refractivity contribution in [3.05, 3.63) is 64.7 Å². The number of hydrogen-bond donors (Lipinski definition) is 2. The Labute approximate surface area is 182 Å². The third kappa shape index (κ3) is 4.56. The molecule has 1 fully saturated rings. The van der Waals surface area contributed by atoms with Crippen molar-refractivity contribution in [2.45, 2.75) is 19.4 Å². The number of aliphatic hydroxyl groups is 1. The molecule has 7 heteroatoms. The van der Waals surface area contributed by atoms with Crippen LogP contribution in [0.1, 0.15) is 29.2 Å². The van der Waals surface area contributed by atoms with Crippen LogP contribution >= 0.6 is 0 Å². The molecular formula is C24H28N2O5. The Morgan fingerprint density at radius 3 is 2.39 bits per heavy atom. The van der Waals surface area contributed by atoms with E-state index in [1.54, 1.807) is 44.4 Å². The topological polar surface area (TPSA) is 90.3 Å². The van der Waals surface area contributed by atoms with Gasteiger partial charge in [-0.1, -0.05) is 12.1 Å². The SMILES string of the molecule is COc1ccc(/C(O)=C2\C(=O)C(=O)N(CCCN(C)C)[C@H]2c2ccc(O)cc2)c(C)c1. The van der Waals surface area contributed by atoms with Crippen LogP contribution in [0.4, 0.5) is 0 Å². The van der Waals surface area contributed by atoms with Gasteiger partial charge in [-0.15, -0.1) is 0 Å². The zero-order valence-electron chi connectivity index (χ0n) is 18.3. The number of amides is 1. The van der Waals surface area contributed by atoms with E-state index >= 15 is 0 Å². The van der Waals surface area contributed by atoms with Gasteiger partial charge in [0.1, 0.15) is 17.3 Å². The van der Waals surface area contributed by atoms with Gasteiger partial charge in [0.15, 0.2) is 0 Å². The maximum Gasteiger partial charge on any atom is 0.295 e. The van der Waals surface area contributed by atoms with Gasteiger partial charge >= 0.3 is 0 Å². The number of aliphatic hydroxyl groups excluding tert-OH is 1. The highest BCUT2D eigenvalue weighted by Gasteiger charge is 2.45. The average molecular weight is 424 g/mol. The first-order valence-corrected chi connectivity index (χ1v) is 10.1. The maximum atomic E-state index is 13.0. The first-order valence-electron chi connectivity index (χ1n) is 10.1. The number of aryl methyl sites for hydroxylation is 1. The number of rotatable bonds is 7. The van der Waals surface area contributed by atoms with E-state index in [4.69, 9.17) is 4.74 Å². The lowest BCUT2D eigenvalue weighted by Crippen LogP contribution is -2.32. The summed E-state index contributed by atoms with van der Waals surface area (Å²) >= 11 is 0. The lowest BCUT2D eigenvalue weighted by Gasteiger charge is -2.26. The predicted molar refractivity (Wildman–Crippen MR) is 118 cm³/mol. The number of Topliss-reactive ketones (excluding diaryl/α,β-unsaturated/α-hetero) is 1. The molecule has 1 saturated heterocycles. The molecule has 1 heterocycles. The fourth-order valence-electron chi connectivity index (χ4n) is 3.85. The van der Waals surface area contributed by atoms with Crippen molar-refractivity contribution in [2.75, 3.05) is 34.3 Å². The monoisotopic (exact) mass is 424 g/mol. The molecule has 1 aliphatic rings. The molecule has 0 bridgehead atoms. The standard InChI is InChI=1S/C24H28N2O5/c1-15-14-18(31-4)10-11-19(15)22(28)20-21(16-6-8-17(27)9-7-16)26(24(30)23(20)29)13-5-12-25(2)3/h6-11,14,21,27-28H,5,12-13H2,1-4H3/b22-20+/t21-/m0/s1. The molecule has 3 rings (SSSR count). The molecule has 0 spiro atoms. The van der Waals surface area contributed by atoms with Crippen LogP contribution < -0.4 is 4.74 Å². The highest BCUT2D eigenvalue weighted by Crippen LogP contribution is 2.40. The van der Waals surface area contributed by atoms with E-state index in [-0.39, 0.29) is 17.1 Å². The van der Waals surface area contributed by atoms with Crippen LogP contribution in [0.15, 0.2) is 48.0 Å². The Bertz CT molecular complexity index is 1010. The molecule has 2 aromatic rings. The highest BCUT2D eigenvalue weighted by molar-refractivity contribution is 6.46. The summed E-state index contributed by atoms with van der Waals surface area (Å²) in [6.45, 7) is 2.93. The first-order chi connectivity index (χ1) is 14.7. The van der Waals surface area contributed by atoms with Gasteiger partial charge in [-0.2, -0.15) is 0 Å². The maximum absolute atomic E-state index is 13.0. The van der Waals surface area contributed by atoms with Crippen molar-refractivity contribution in [3.8, 4) is 11.5 Å². The Kier molecular flexibility index (Phi) is 6.65. The van der Waals surface area contributed by atoms with Crippen LogP contribution in [0.5, 0.6) is 11.5 Å². The van der Waals surface area contributed by atoms with E-state index < -0.39 is 17.7 Å². The zero-order valence-corrected chi connectivity index (χ0v) is 18.3. The third-order valence-corrected chi connectivity index (χ3v) is 5.44. The van der Waals surface area contributed by atoms with E-state index in [0.717, 1.165) is 12.1 Å². The quantitative estimate of drug-likeness (QED) is 0.403. The first kappa shape index (κ1) is 22.4. The molecule has 2 aromatic carbocycles. The summed E-state index contributed by atoms with van der Waals surface area (Å²) in [5.74, 6) is -0.848. The second kappa shape index (κ2) is 9.22. The average Bonchev–Trinajstić information content (AvgIpc) is 2.98. The summed E-state index contributed by atoms with van der Waals surface area (Å²) in [5.41, 5.74) is 1.89. The summed E-state index contributed by atoms with van der Waals surface area (Å²) in [5, 5.41) is 20.8. The van der Waals surface area contributed by atoms with E-state index in [1.165, 1.54) is 17.0 Å². The number of benzene rings is 2. The Morgan fingerprint density at radius 2 is 1.81 bits per heavy atom.